The van der Waals surface area contributed by atoms with Gasteiger partial charge in [0.05, 0.1) is 5.37 Å². The van der Waals surface area contributed by atoms with Crippen LogP contribution in [0.1, 0.15) is 46.5 Å². The minimum absolute atomic E-state index is 0.0509. The molecule has 1 saturated heterocycles. The molecule has 2 aliphatic rings. The van der Waals surface area contributed by atoms with Gasteiger partial charge in [-0.3, -0.25) is 4.90 Å². The van der Waals surface area contributed by atoms with Crippen molar-refractivity contribution in [3.8, 4) is 0 Å². The number of hydrogen-bond acceptors (Lipinski definition) is 3. The van der Waals surface area contributed by atoms with E-state index in [9.17, 15) is 14.7 Å². The lowest BCUT2D eigenvalue weighted by Gasteiger charge is -2.35. The zero-order valence-electron chi connectivity index (χ0n) is 13.0. The second-order valence-corrected chi connectivity index (χ2v) is 7.70. The third-order valence-electron chi connectivity index (χ3n) is 4.55. The van der Waals surface area contributed by atoms with Crippen LogP contribution in [0, 0.1) is 11.8 Å². The van der Waals surface area contributed by atoms with E-state index in [4.69, 9.17) is 0 Å². The fourth-order valence-electron chi connectivity index (χ4n) is 3.25. The zero-order chi connectivity index (χ0) is 15.6. The summed E-state index contributed by atoms with van der Waals surface area (Å²) in [7, 11) is 0. The van der Waals surface area contributed by atoms with Crippen molar-refractivity contribution in [3.63, 3.8) is 0 Å². The number of carboxylic acids is 1. The smallest absolute Gasteiger partial charge is 0.327 e. The van der Waals surface area contributed by atoms with Gasteiger partial charge in [-0.05, 0) is 24.7 Å². The summed E-state index contributed by atoms with van der Waals surface area (Å²) in [5, 5.41) is 12.4. The summed E-state index contributed by atoms with van der Waals surface area (Å²) in [5.41, 5.74) is 0. The Morgan fingerprint density at radius 1 is 1.29 bits per heavy atom. The fraction of sp³-hybridized carbons (Fsp3) is 0.867. The third-order valence-corrected chi connectivity index (χ3v) is 6.17. The molecule has 0 aromatic carbocycles. The van der Waals surface area contributed by atoms with Crippen LogP contribution < -0.4 is 5.32 Å². The number of aliphatic carboxylic acids is 1. The summed E-state index contributed by atoms with van der Waals surface area (Å²) >= 11 is 1.57. The molecular weight excluding hydrogens is 288 g/mol. The van der Waals surface area contributed by atoms with Gasteiger partial charge < -0.3 is 10.4 Å². The van der Waals surface area contributed by atoms with Gasteiger partial charge in [0, 0.05) is 11.8 Å². The molecular formula is C15H26N2O3S. The highest BCUT2D eigenvalue weighted by Gasteiger charge is 2.43. The zero-order valence-corrected chi connectivity index (χ0v) is 13.9. The Hall–Kier alpha value is -0.910. The number of thioether (sulfide) groups is 1. The van der Waals surface area contributed by atoms with Crippen molar-refractivity contribution in [1.82, 2.24) is 10.2 Å². The highest BCUT2D eigenvalue weighted by atomic mass is 32.2. The van der Waals surface area contributed by atoms with Crippen LogP contribution in [0.4, 0.5) is 4.79 Å². The Morgan fingerprint density at radius 2 is 1.95 bits per heavy atom. The summed E-state index contributed by atoms with van der Waals surface area (Å²) in [4.78, 5) is 25.6. The van der Waals surface area contributed by atoms with Crippen LogP contribution >= 0.6 is 11.8 Å². The van der Waals surface area contributed by atoms with Crippen molar-refractivity contribution >= 4 is 23.8 Å². The molecule has 0 bridgehead atoms. The third kappa shape index (κ3) is 3.65. The van der Waals surface area contributed by atoms with Crippen LogP contribution in [-0.4, -0.2) is 45.2 Å². The second-order valence-electron chi connectivity index (χ2n) is 6.55. The van der Waals surface area contributed by atoms with Gasteiger partial charge in [0.15, 0.2) is 0 Å². The average Bonchev–Trinajstić information content (AvgIpc) is 2.86. The van der Waals surface area contributed by atoms with Gasteiger partial charge in [-0.15, -0.1) is 11.8 Å². The number of rotatable bonds is 3. The molecule has 1 heterocycles. The van der Waals surface area contributed by atoms with E-state index in [0.717, 1.165) is 19.3 Å². The SMILES string of the molecule is CC(C)C1SCC(C(=O)O)N1C(=O)NC1CCCCC1C. The number of nitrogens with zero attached hydrogens (tertiary/aromatic N) is 1. The molecule has 21 heavy (non-hydrogen) atoms. The van der Waals surface area contributed by atoms with Gasteiger partial charge >= 0.3 is 12.0 Å². The Balaban J connectivity index is 2.07. The maximum atomic E-state index is 12.6. The first-order valence-corrected chi connectivity index (χ1v) is 8.90. The van der Waals surface area contributed by atoms with Crippen molar-refractivity contribution in [2.75, 3.05) is 5.75 Å². The molecule has 120 valence electrons. The number of hydrogen-bond donors (Lipinski definition) is 2. The lowest BCUT2D eigenvalue weighted by molar-refractivity contribution is -0.141. The number of nitrogens with one attached hydrogen (secondary N) is 1. The van der Waals surface area contributed by atoms with Gasteiger partial charge in [-0.25, -0.2) is 9.59 Å². The maximum Gasteiger partial charge on any atom is 0.327 e. The van der Waals surface area contributed by atoms with E-state index < -0.39 is 12.0 Å². The van der Waals surface area contributed by atoms with Crippen molar-refractivity contribution in [2.45, 2.75) is 63.9 Å². The van der Waals surface area contributed by atoms with E-state index in [-0.39, 0.29) is 23.4 Å². The normalized spacial score (nSPS) is 33.2. The Morgan fingerprint density at radius 3 is 2.52 bits per heavy atom. The Bertz CT molecular complexity index is 402. The monoisotopic (exact) mass is 314 g/mol. The predicted molar refractivity (Wildman–Crippen MR) is 84.3 cm³/mol. The van der Waals surface area contributed by atoms with Crippen molar-refractivity contribution in [2.24, 2.45) is 11.8 Å². The second kappa shape index (κ2) is 6.90. The molecule has 0 radical (unpaired) electrons. The van der Waals surface area contributed by atoms with Gasteiger partial charge in [0.2, 0.25) is 0 Å². The summed E-state index contributed by atoms with van der Waals surface area (Å²) in [6.07, 6.45) is 4.49. The Labute approximate surface area is 130 Å². The summed E-state index contributed by atoms with van der Waals surface area (Å²) < 4.78 is 0. The summed E-state index contributed by atoms with van der Waals surface area (Å²) in [6.45, 7) is 6.23. The molecule has 5 nitrogen and oxygen atoms in total. The Kier molecular flexibility index (Phi) is 5.41. The number of amides is 2. The quantitative estimate of drug-likeness (QED) is 0.840. The van der Waals surface area contributed by atoms with Crippen LogP contribution in [0.5, 0.6) is 0 Å². The van der Waals surface area contributed by atoms with E-state index in [1.165, 1.54) is 6.42 Å². The van der Waals surface area contributed by atoms with E-state index in [2.05, 4.69) is 12.2 Å². The largest absolute Gasteiger partial charge is 0.480 e. The molecule has 2 fully saturated rings. The van der Waals surface area contributed by atoms with E-state index in [1.54, 1.807) is 16.7 Å². The number of carbonyl (C=O) groups excluding carboxylic acids is 1. The van der Waals surface area contributed by atoms with E-state index in [1.807, 2.05) is 13.8 Å². The first-order chi connectivity index (χ1) is 9.91. The maximum absolute atomic E-state index is 12.6. The van der Waals surface area contributed by atoms with Crippen LogP contribution in [0.2, 0.25) is 0 Å². The summed E-state index contributed by atoms with van der Waals surface area (Å²) in [6, 6.07) is -0.731. The molecule has 2 amide bonds. The first-order valence-electron chi connectivity index (χ1n) is 7.85. The summed E-state index contributed by atoms with van der Waals surface area (Å²) in [5.74, 6) is 0.288. The number of urea groups is 1. The van der Waals surface area contributed by atoms with Crippen LogP contribution in [-0.2, 0) is 4.79 Å². The van der Waals surface area contributed by atoms with Gasteiger partial charge in [-0.1, -0.05) is 33.6 Å². The molecule has 0 spiro atoms. The van der Waals surface area contributed by atoms with Gasteiger partial charge in [0.1, 0.15) is 6.04 Å². The van der Waals surface area contributed by atoms with Gasteiger partial charge in [0.25, 0.3) is 0 Å². The number of carboxylic acid groups (broad SMARTS) is 1. The molecule has 2 N–H and O–H groups in total. The van der Waals surface area contributed by atoms with Crippen molar-refractivity contribution < 1.29 is 14.7 Å². The van der Waals surface area contributed by atoms with Crippen LogP contribution in [0.15, 0.2) is 0 Å². The highest BCUT2D eigenvalue weighted by molar-refractivity contribution is 8.00. The van der Waals surface area contributed by atoms with Crippen LogP contribution in [0.25, 0.3) is 0 Å². The first kappa shape index (κ1) is 16.5. The molecule has 6 heteroatoms. The van der Waals surface area contributed by atoms with Crippen LogP contribution in [0.3, 0.4) is 0 Å². The van der Waals surface area contributed by atoms with E-state index in [0.29, 0.717) is 11.7 Å². The molecule has 1 aliphatic heterocycles. The molecule has 4 atom stereocenters. The fourth-order valence-corrected chi connectivity index (χ4v) is 4.72. The van der Waals surface area contributed by atoms with Crippen molar-refractivity contribution in [3.05, 3.63) is 0 Å². The molecule has 1 aliphatic carbocycles. The molecule has 1 saturated carbocycles. The standard InChI is InChI=1S/C15H26N2O3S/c1-9(2)13-17(12(8-21-13)14(18)19)15(20)16-11-7-5-4-6-10(11)3/h9-13H,4-8H2,1-3H3,(H,16,20)(H,18,19). The molecule has 4 unspecified atom stereocenters. The lowest BCUT2D eigenvalue weighted by Crippen LogP contribution is -2.54. The highest BCUT2D eigenvalue weighted by Crippen LogP contribution is 2.34. The number of carbonyl (C=O) groups is 2. The minimum Gasteiger partial charge on any atom is -0.480 e. The van der Waals surface area contributed by atoms with E-state index >= 15 is 0 Å². The van der Waals surface area contributed by atoms with Crippen molar-refractivity contribution in [1.29, 1.82) is 0 Å². The minimum atomic E-state index is -0.905. The molecule has 0 aromatic rings. The van der Waals surface area contributed by atoms with Gasteiger partial charge in [-0.2, -0.15) is 0 Å². The average molecular weight is 314 g/mol. The molecule has 2 rings (SSSR count). The molecule has 0 aromatic heterocycles. The predicted octanol–water partition coefficient (Wildman–Crippen LogP) is 2.76. The lowest BCUT2D eigenvalue weighted by atomic mass is 9.86. The topological polar surface area (TPSA) is 69.6 Å².